The van der Waals surface area contributed by atoms with Crippen LogP contribution in [0.5, 0.6) is 5.75 Å². The van der Waals surface area contributed by atoms with Gasteiger partial charge in [-0.2, -0.15) is 4.36 Å². The maximum absolute atomic E-state index is 14.0. The van der Waals surface area contributed by atoms with Gasteiger partial charge >= 0.3 is 0 Å². The third kappa shape index (κ3) is 4.92. The zero-order chi connectivity index (χ0) is 22.8. The number of nitrogens with zero attached hydrogens (tertiary/aromatic N) is 3. The molecule has 0 bridgehead atoms. The second kappa shape index (κ2) is 9.20. The van der Waals surface area contributed by atoms with E-state index in [-0.39, 0.29) is 11.9 Å². The first-order chi connectivity index (χ1) is 16.0. The summed E-state index contributed by atoms with van der Waals surface area (Å²) in [6.07, 6.45) is 2.34. The summed E-state index contributed by atoms with van der Waals surface area (Å²) in [6.45, 7) is 5.00. The quantitative estimate of drug-likeness (QED) is 0.526. The van der Waals surface area contributed by atoms with E-state index in [0.717, 1.165) is 30.5 Å². The van der Waals surface area contributed by atoms with E-state index >= 15 is 0 Å². The van der Waals surface area contributed by atoms with Gasteiger partial charge < -0.3 is 20.7 Å². The van der Waals surface area contributed by atoms with Gasteiger partial charge in [0.05, 0.1) is 26.6 Å². The second-order valence-corrected chi connectivity index (χ2v) is 10.9. The van der Waals surface area contributed by atoms with Crippen molar-refractivity contribution in [3.63, 3.8) is 0 Å². The lowest BCUT2D eigenvalue weighted by Crippen LogP contribution is -2.35. The predicted octanol–water partition coefficient (Wildman–Crippen LogP) is 3.26. The summed E-state index contributed by atoms with van der Waals surface area (Å²) >= 11 is 0. The number of benzene rings is 2. The number of fused-ring (bicyclic) bond motifs is 1. The molecule has 3 N–H and O–H groups in total. The summed E-state index contributed by atoms with van der Waals surface area (Å²) < 4.78 is 37.6. The Balaban J connectivity index is 1.50. The number of aromatic nitrogens is 2. The molecule has 2 fully saturated rings. The van der Waals surface area contributed by atoms with E-state index in [1.807, 2.05) is 19.1 Å². The third-order valence-electron chi connectivity index (χ3n) is 5.89. The molecule has 1 aromatic heterocycles. The number of nitrogens with one attached hydrogen (secondary N) is 3. The standard InChI is InChI=1S/C23H27FN6O2S/c1-15-10-17(30-33(31)8-6-25-7-9-33)12-20-22(15)23(28-14-27-20)29-19-3-2-16(24)11-21(19)32-18-4-5-26-13-18/h2-3,10-12,14,18,25-26H,4-9,13H2,1H3,(H,27,28,29)/t18-/m1/s1. The minimum Gasteiger partial charge on any atom is -0.487 e. The third-order valence-corrected chi connectivity index (χ3v) is 8.12. The van der Waals surface area contributed by atoms with Crippen molar-refractivity contribution in [3.05, 3.63) is 48.0 Å². The van der Waals surface area contributed by atoms with Gasteiger partial charge in [0.15, 0.2) is 0 Å². The van der Waals surface area contributed by atoms with Crippen LogP contribution in [0, 0.1) is 12.7 Å². The lowest BCUT2D eigenvalue weighted by molar-refractivity contribution is 0.223. The second-order valence-electron chi connectivity index (χ2n) is 8.40. The van der Waals surface area contributed by atoms with Crippen LogP contribution in [0.15, 0.2) is 41.0 Å². The molecule has 0 radical (unpaired) electrons. The van der Waals surface area contributed by atoms with Crippen LogP contribution in [0.3, 0.4) is 0 Å². The lowest BCUT2D eigenvalue weighted by atomic mass is 10.1. The molecular weight excluding hydrogens is 443 g/mol. The van der Waals surface area contributed by atoms with E-state index in [1.54, 1.807) is 6.07 Å². The SMILES string of the molecule is Cc1cc(N=S2(=O)CCNCC2)cc2ncnc(Nc3ccc(F)cc3O[C@@H]3CCNC3)c12. The molecule has 8 nitrogen and oxygen atoms in total. The summed E-state index contributed by atoms with van der Waals surface area (Å²) in [6, 6.07) is 8.20. The number of rotatable bonds is 5. The Labute approximate surface area is 192 Å². The molecule has 3 aromatic rings. The minimum absolute atomic E-state index is 0.00250. The number of anilines is 2. The topological polar surface area (TPSA) is 101 Å². The van der Waals surface area contributed by atoms with E-state index in [9.17, 15) is 8.60 Å². The fraction of sp³-hybridized carbons (Fsp3) is 0.391. The zero-order valence-corrected chi connectivity index (χ0v) is 19.3. The lowest BCUT2D eigenvalue weighted by Gasteiger charge is -2.18. The molecular formula is C23H27FN6O2S. The van der Waals surface area contributed by atoms with Crippen molar-refractivity contribution >= 4 is 37.8 Å². The Morgan fingerprint density at radius 1 is 1.15 bits per heavy atom. The van der Waals surface area contributed by atoms with Gasteiger partial charge in [0, 0.05) is 42.6 Å². The van der Waals surface area contributed by atoms with Gasteiger partial charge in [0.25, 0.3) is 0 Å². The van der Waals surface area contributed by atoms with Crippen molar-refractivity contribution in [1.29, 1.82) is 0 Å². The highest BCUT2D eigenvalue weighted by Gasteiger charge is 2.19. The van der Waals surface area contributed by atoms with Crippen LogP contribution in [0.2, 0.25) is 0 Å². The normalized spacial score (nSPS) is 20.0. The van der Waals surface area contributed by atoms with Crippen LogP contribution in [0.25, 0.3) is 10.9 Å². The van der Waals surface area contributed by atoms with Crippen molar-refractivity contribution in [1.82, 2.24) is 20.6 Å². The molecule has 10 heteroatoms. The summed E-state index contributed by atoms with van der Waals surface area (Å²) in [7, 11) is -2.26. The molecule has 2 saturated heterocycles. The van der Waals surface area contributed by atoms with Crippen molar-refractivity contribution < 1.29 is 13.3 Å². The fourth-order valence-electron chi connectivity index (χ4n) is 4.23. The van der Waals surface area contributed by atoms with Gasteiger partial charge in [-0.3, -0.25) is 0 Å². The molecule has 0 unspecified atom stereocenters. The summed E-state index contributed by atoms with van der Waals surface area (Å²) in [5, 5.41) is 10.6. The van der Waals surface area contributed by atoms with Crippen LogP contribution in [-0.2, 0) is 9.73 Å². The van der Waals surface area contributed by atoms with Gasteiger partial charge in [0.2, 0.25) is 0 Å². The Morgan fingerprint density at radius 3 is 2.79 bits per heavy atom. The van der Waals surface area contributed by atoms with Crippen LogP contribution < -0.4 is 20.7 Å². The fourth-order valence-corrected chi connectivity index (χ4v) is 6.03. The highest BCUT2D eigenvalue weighted by molar-refractivity contribution is 7.93. The molecule has 5 rings (SSSR count). The Morgan fingerprint density at radius 2 is 2.00 bits per heavy atom. The molecule has 33 heavy (non-hydrogen) atoms. The summed E-state index contributed by atoms with van der Waals surface area (Å²) in [5.74, 6) is 1.77. The van der Waals surface area contributed by atoms with Crippen LogP contribution in [-0.4, -0.2) is 58.0 Å². The Hall–Kier alpha value is -2.82. The number of aryl methyl sites for hydroxylation is 1. The first-order valence-corrected chi connectivity index (χ1v) is 13.0. The average molecular weight is 471 g/mol. The van der Waals surface area contributed by atoms with Crippen LogP contribution in [0.1, 0.15) is 12.0 Å². The number of halogens is 1. The Bertz CT molecular complexity index is 1290. The van der Waals surface area contributed by atoms with Gasteiger partial charge in [-0.15, -0.1) is 0 Å². The maximum Gasteiger partial charge on any atom is 0.146 e. The van der Waals surface area contributed by atoms with E-state index in [4.69, 9.17) is 4.74 Å². The molecule has 0 spiro atoms. The minimum atomic E-state index is -2.26. The molecule has 0 aliphatic carbocycles. The first-order valence-electron chi connectivity index (χ1n) is 11.1. The van der Waals surface area contributed by atoms with Gasteiger partial charge in [-0.25, -0.2) is 18.6 Å². The van der Waals surface area contributed by atoms with E-state index in [1.165, 1.54) is 18.5 Å². The summed E-state index contributed by atoms with van der Waals surface area (Å²) in [5.41, 5.74) is 2.91. The van der Waals surface area contributed by atoms with E-state index < -0.39 is 9.73 Å². The highest BCUT2D eigenvalue weighted by Crippen LogP contribution is 2.34. The predicted molar refractivity (Wildman–Crippen MR) is 129 cm³/mol. The van der Waals surface area contributed by atoms with Gasteiger partial charge in [-0.05, 0) is 49.7 Å². The molecule has 1 atom stereocenters. The molecule has 3 heterocycles. The average Bonchev–Trinajstić information content (AvgIpc) is 3.29. The van der Waals surface area contributed by atoms with Crippen molar-refractivity contribution in [3.8, 4) is 5.75 Å². The van der Waals surface area contributed by atoms with E-state index in [2.05, 4.69) is 30.3 Å². The largest absolute Gasteiger partial charge is 0.487 e. The zero-order valence-electron chi connectivity index (χ0n) is 18.4. The summed E-state index contributed by atoms with van der Waals surface area (Å²) in [4.78, 5) is 8.86. The number of hydrogen-bond acceptors (Lipinski definition) is 8. The number of ether oxygens (including phenoxy) is 1. The molecule has 2 aliphatic heterocycles. The van der Waals surface area contributed by atoms with Crippen LogP contribution in [0.4, 0.5) is 21.6 Å². The molecule has 174 valence electrons. The smallest absolute Gasteiger partial charge is 0.146 e. The van der Waals surface area contributed by atoms with Crippen molar-refractivity contribution in [2.45, 2.75) is 19.4 Å². The first kappa shape index (κ1) is 22.0. The molecule has 0 saturated carbocycles. The highest BCUT2D eigenvalue weighted by atomic mass is 32.2. The molecule has 0 amide bonds. The molecule has 2 aliphatic rings. The van der Waals surface area contributed by atoms with Crippen LogP contribution >= 0.6 is 0 Å². The van der Waals surface area contributed by atoms with Gasteiger partial charge in [0.1, 0.15) is 29.8 Å². The number of hydrogen-bond donors (Lipinski definition) is 3. The Kier molecular flexibility index (Phi) is 6.13. The van der Waals surface area contributed by atoms with E-state index in [0.29, 0.717) is 53.1 Å². The van der Waals surface area contributed by atoms with Gasteiger partial charge in [-0.1, -0.05) is 0 Å². The van der Waals surface area contributed by atoms with Crippen molar-refractivity contribution in [2.24, 2.45) is 4.36 Å². The van der Waals surface area contributed by atoms with Crippen molar-refractivity contribution in [2.75, 3.05) is 43.0 Å². The maximum atomic E-state index is 14.0. The monoisotopic (exact) mass is 470 g/mol. The molecule has 2 aromatic carbocycles.